The molecule has 0 aliphatic rings. The first kappa shape index (κ1) is 11.6. The Labute approximate surface area is 94.9 Å². The van der Waals surface area contributed by atoms with E-state index < -0.39 is 6.04 Å². The monoisotopic (exact) mass is 218 g/mol. The minimum atomic E-state index is -0.404. The molecular weight excluding hydrogens is 208 g/mol. The first-order valence-electron chi connectivity index (χ1n) is 4.51. The van der Waals surface area contributed by atoms with Gasteiger partial charge < -0.3 is 0 Å². The van der Waals surface area contributed by atoms with Crippen molar-refractivity contribution in [3.8, 4) is 18.4 Å². The topological polar surface area (TPSA) is 35.8 Å². The summed E-state index contributed by atoms with van der Waals surface area (Å²) >= 11 is 5.97. The number of aryl methyl sites for hydroxylation is 1. The second-order valence-electron chi connectivity index (χ2n) is 3.16. The molecule has 1 rings (SSSR count). The first-order chi connectivity index (χ1) is 7.19. The number of nitriles is 1. The van der Waals surface area contributed by atoms with Crippen LogP contribution in [0.25, 0.3) is 0 Å². The summed E-state index contributed by atoms with van der Waals surface area (Å²) in [6, 6.07) is 7.28. The van der Waals surface area contributed by atoms with Crippen LogP contribution in [-0.2, 0) is 0 Å². The van der Waals surface area contributed by atoms with Crippen molar-refractivity contribution in [2.24, 2.45) is 0 Å². The lowest BCUT2D eigenvalue weighted by molar-refractivity contribution is 0.690. The summed E-state index contributed by atoms with van der Waals surface area (Å²) in [6.07, 6.45) is 5.12. The van der Waals surface area contributed by atoms with Crippen LogP contribution in [0.1, 0.15) is 17.2 Å². The smallest absolute Gasteiger partial charge is 0.122 e. The van der Waals surface area contributed by atoms with Crippen LogP contribution in [-0.4, -0.2) is 6.54 Å². The lowest BCUT2D eigenvalue weighted by atomic mass is 10.1. The fraction of sp³-hybridized carbons (Fsp3) is 0.250. The van der Waals surface area contributed by atoms with E-state index in [0.29, 0.717) is 11.6 Å². The van der Waals surface area contributed by atoms with Gasteiger partial charge in [0.2, 0.25) is 0 Å². The van der Waals surface area contributed by atoms with Gasteiger partial charge in [0, 0.05) is 5.02 Å². The van der Waals surface area contributed by atoms with Crippen LogP contribution < -0.4 is 5.32 Å². The van der Waals surface area contributed by atoms with E-state index in [1.807, 2.05) is 19.1 Å². The third-order valence-electron chi connectivity index (χ3n) is 2.07. The molecule has 3 heteroatoms. The van der Waals surface area contributed by atoms with Crippen molar-refractivity contribution >= 4 is 11.6 Å². The number of rotatable bonds is 3. The van der Waals surface area contributed by atoms with Gasteiger partial charge in [-0.05, 0) is 24.1 Å². The van der Waals surface area contributed by atoms with Gasteiger partial charge in [-0.3, -0.25) is 5.32 Å². The van der Waals surface area contributed by atoms with Gasteiger partial charge in [-0.1, -0.05) is 29.7 Å². The van der Waals surface area contributed by atoms with Crippen molar-refractivity contribution in [2.45, 2.75) is 13.0 Å². The van der Waals surface area contributed by atoms with E-state index in [2.05, 4.69) is 17.3 Å². The van der Waals surface area contributed by atoms with Crippen LogP contribution in [0.2, 0.25) is 5.02 Å². The molecule has 0 heterocycles. The predicted molar refractivity (Wildman–Crippen MR) is 61.4 cm³/mol. The maximum absolute atomic E-state index is 8.94. The molecule has 1 aromatic carbocycles. The summed E-state index contributed by atoms with van der Waals surface area (Å²) in [5, 5.41) is 12.5. The Morgan fingerprint density at radius 2 is 2.33 bits per heavy atom. The second-order valence-corrected chi connectivity index (χ2v) is 3.56. The molecule has 0 amide bonds. The van der Waals surface area contributed by atoms with E-state index in [1.165, 1.54) is 0 Å². The maximum Gasteiger partial charge on any atom is 0.122 e. The molecule has 0 saturated carbocycles. The predicted octanol–water partition coefficient (Wildman–Crippen LogP) is 2.44. The lowest BCUT2D eigenvalue weighted by Gasteiger charge is -2.10. The first-order valence-corrected chi connectivity index (χ1v) is 4.89. The molecule has 0 fully saturated rings. The van der Waals surface area contributed by atoms with Crippen molar-refractivity contribution in [2.75, 3.05) is 6.54 Å². The molecule has 1 atom stereocenters. The van der Waals surface area contributed by atoms with Gasteiger partial charge in [0.1, 0.15) is 6.04 Å². The number of terminal acetylenes is 1. The van der Waals surface area contributed by atoms with Crippen molar-refractivity contribution < 1.29 is 0 Å². The zero-order valence-electron chi connectivity index (χ0n) is 8.42. The molecule has 0 aliphatic heterocycles. The largest absolute Gasteiger partial charge is 0.287 e. The Morgan fingerprint density at radius 3 is 2.87 bits per heavy atom. The van der Waals surface area contributed by atoms with Crippen LogP contribution in [0.3, 0.4) is 0 Å². The molecule has 15 heavy (non-hydrogen) atoms. The summed E-state index contributed by atoms with van der Waals surface area (Å²) in [7, 11) is 0. The van der Waals surface area contributed by atoms with Crippen LogP contribution in [0.4, 0.5) is 0 Å². The average molecular weight is 219 g/mol. The van der Waals surface area contributed by atoms with Crippen LogP contribution >= 0.6 is 11.6 Å². The highest BCUT2D eigenvalue weighted by molar-refractivity contribution is 6.31. The van der Waals surface area contributed by atoms with Gasteiger partial charge in [0.15, 0.2) is 0 Å². The van der Waals surface area contributed by atoms with Crippen LogP contribution in [0, 0.1) is 30.6 Å². The number of hydrogen-bond donors (Lipinski definition) is 1. The quantitative estimate of drug-likeness (QED) is 0.792. The van der Waals surface area contributed by atoms with E-state index in [9.17, 15) is 0 Å². The van der Waals surface area contributed by atoms with Crippen LogP contribution in [0.15, 0.2) is 18.2 Å². The van der Waals surface area contributed by atoms with Crippen molar-refractivity contribution in [3.63, 3.8) is 0 Å². The highest BCUT2D eigenvalue weighted by Crippen LogP contribution is 2.20. The summed E-state index contributed by atoms with van der Waals surface area (Å²) in [4.78, 5) is 0. The van der Waals surface area contributed by atoms with Crippen molar-refractivity contribution in [1.29, 1.82) is 5.26 Å². The lowest BCUT2D eigenvalue weighted by Crippen LogP contribution is -2.20. The zero-order chi connectivity index (χ0) is 11.3. The Bertz CT molecular complexity index is 426. The molecule has 0 bridgehead atoms. The van der Waals surface area contributed by atoms with E-state index in [-0.39, 0.29) is 0 Å². The molecule has 2 nitrogen and oxygen atoms in total. The molecule has 1 unspecified atom stereocenters. The summed E-state index contributed by atoms with van der Waals surface area (Å²) in [6.45, 7) is 2.28. The van der Waals surface area contributed by atoms with Crippen molar-refractivity contribution in [1.82, 2.24) is 5.32 Å². The molecule has 0 aliphatic carbocycles. The highest BCUT2D eigenvalue weighted by atomic mass is 35.5. The fourth-order valence-corrected chi connectivity index (χ4v) is 1.38. The molecule has 0 radical (unpaired) electrons. The minimum absolute atomic E-state index is 0.365. The van der Waals surface area contributed by atoms with E-state index >= 15 is 0 Å². The van der Waals surface area contributed by atoms with E-state index in [0.717, 1.165) is 11.1 Å². The van der Waals surface area contributed by atoms with Gasteiger partial charge >= 0.3 is 0 Å². The normalized spacial score (nSPS) is 11.5. The highest BCUT2D eigenvalue weighted by Gasteiger charge is 2.09. The summed E-state index contributed by atoms with van der Waals surface area (Å²) in [5.41, 5.74) is 1.83. The molecule has 1 N–H and O–H groups in total. The molecule has 0 spiro atoms. The number of benzene rings is 1. The van der Waals surface area contributed by atoms with Gasteiger partial charge in [-0.25, -0.2) is 0 Å². The Morgan fingerprint density at radius 1 is 1.60 bits per heavy atom. The molecular formula is C12H11ClN2. The third kappa shape index (κ3) is 2.99. The molecule has 1 aromatic rings. The Hall–Kier alpha value is -1.48. The van der Waals surface area contributed by atoms with Gasteiger partial charge in [-0.15, -0.1) is 6.42 Å². The Balaban J connectivity index is 2.89. The number of hydrogen-bond acceptors (Lipinski definition) is 2. The maximum atomic E-state index is 8.94. The van der Waals surface area contributed by atoms with E-state index in [1.54, 1.807) is 6.07 Å². The average Bonchev–Trinajstić information content (AvgIpc) is 2.24. The standard InChI is InChI=1S/C12H11ClN2/c1-3-6-15-12(8-14)10-5-4-9(2)11(13)7-10/h1,4-5,7,12,15H,6H2,2H3. The number of halogens is 1. The Kier molecular flexibility index (Phi) is 4.18. The van der Waals surface area contributed by atoms with E-state index in [4.69, 9.17) is 23.3 Å². The summed E-state index contributed by atoms with van der Waals surface area (Å²) < 4.78 is 0. The second kappa shape index (κ2) is 5.41. The fourth-order valence-electron chi connectivity index (χ4n) is 1.19. The van der Waals surface area contributed by atoms with Crippen molar-refractivity contribution in [3.05, 3.63) is 34.3 Å². The van der Waals surface area contributed by atoms with Gasteiger partial charge in [-0.2, -0.15) is 5.26 Å². The van der Waals surface area contributed by atoms with Gasteiger partial charge in [0.25, 0.3) is 0 Å². The number of nitrogens with zero attached hydrogens (tertiary/aromatic N) is 1. The minimum Gasteiger partial charge on any atom is -0.287 e. The number of nitrogens with one attached hydrogen (secondary N) is 1. The SMILES string of the molecule is C#CCNC(C#N)c1ccc(C)c(Cl)c1. The summed E-state index contributed by atoms with van der Waals surface area (Å²) in [5.74, 6) is 2.43. The zero-order valence-corrected chi connectivity index (χ0v) is 9.17. The molecule has 76 valence electrons. The van der Waals surface area contributed by atoms with Crippen LogP contribution in [0.5, 0.6) is 0 Å². The molecule has 0 saturated heterocycles. The molecule has 0 aromatic heterocycles. The van der Waals surface area contributed by atoms with Gasteiger partial charge in [0.05, 0.1) is 12.6 Å². The third-order valence-corrected chi connectivity index (χ3v) is 2.47.